The van der Waals surface area contributed by atoms with Crippen molar-refractivity contribution in [2.75, 3.05) is 25.2 Å². The van der Waals surface area contributed by atoms with Crippen LogP contribution in [0.4, 0.5) is 5.13 Å². The number of amides is 1. The number of nitrogens with zero attached hydrogens (tertiary/aromatic N) is 2. The molecule has 0 spiro atoms. The van der Waals surface area contributed by atoms with Crippen molar-refractivity contribution in [3.8, 4) is 0 Å². The first-order valence-electron chi connectivity index (χ1n) is 9.96. The number of anilines is 1. The van der Waals surface area contributed by atoms with Crippen LogP contribution in [-0.4, -0.2) is 43.2 Å². The van der Waals surface area contributed by atoms with Crippen molar-refractivity contribution >= 4 is 38.6 Å². The molecule has 1 saturated heterocycles. The number of thiazole rings is 1. The second kappa shape index (κ2) is 8.53. The van der Waals surface area contributed by atoms with Crippen LogP contribution < -0.4 is 4.90 Å². The van der Waals surface area contributed by atoms with E-state index in [1.54, 1.807) is 29.2 Å². The van der Waals surface area contributed by atoms with Crippen LogP contribution in [0, 0.1) is 13.8 Å². The molecule has 1 aliphatic rings. The zero-order chi connectivity index (χ0) is 21.3. The maximum Gasteiger partial charge on any atom is 0.337 e. The molecule has 1 amide bonds. The molecular weight excluding hydrogens is 400 g/mol. The number of ether oxygens (including phenoxy) is 2. The van der Waals surface area contributed by atoms with Crippen molar-refractivity contribution in [3.05, 3.63) is 58.7 Å². The van der Waals surface area contributed by atoms with E-state index < -0.39 is 5.97 Å². The zero-order valence-corrected chi connectivity index (χ0v) is 18.1. The van der Waals surface area contributed by atoms with Crippen molar-refractivity contribution in [1.82, 2.24) is 4.98 Å². The van der Waals surface area contributed by atoms with Gasteiger partial charge < -0.3 is 9.47 Å². The van der Waals surface area contributed by atoms with Gasteiger partial charge in [-0.05, 0) is 68.1 Å². The van der Waals surface area contributed by atoms with Crippen LogP contribution in [-0.2, 0) is 9.47 Å². The minimum atomic E-state index is -0.428. The molecule has 1 fully saturated rings. The summed E-state index contributed by atoms with van der Waals surface area (Å²) in [6, 6.07) is 10.7. The normalized spacial score (nSPS) is 16.0. The maximum atomic E-state index is 13.4. The van der Waals surface area contributed by atoms with Gasteiger partial charge in [-0.25, -0.2) is 9.78 Å². The lowest BCUT2D eigenvalue weighted by atomic mass is 10.1. The van der Waals surface area contributed by atoms with E-state index in [2.05, 4.69) is 13.0 Å². The monoisotopic (exact) mass is 424 g/mol. The van der Waals surface area contributed by atoms with E-state index in [1.165, 1.54) is 18.4 Å². The van der Waals surface area contributed by atoms with Gasteiger partial charge in [-0.1, -0.05) is 17.4 Å². The zero-order valence-electron chi connectivity index (χ0n) is 17.3. The average Bonchev–Trinajstić information content (AvgIpc) is 3.40. The Morgan fingerprint density at radius 2 is 1.93 bits per heavy atom. The molecule has 0 saturated carbocycles. The number of methoxy groups -OCH3 is 1. The van der Waals surface area contributed by atoms with Crippen LogP contribution in [0.1, 0.15) is 44.7 Å². The van der Waals surface area contributed by atoms with Gasteiger partial charge in [0.25, 0.3) is 5.91 Å². The molecule has 1 aliphatic heterocycles. The highest BCUT2D eigenvalue weighted by Gasteiger charge is 2.27. The number of aromatic nitrogens is 1. The molecule has 3 aromatic rings. The summed E-state index contributed by atoms with van der Waals surface area (Å²) in [5.74, 6) is -0.586. The molecular formula is C23H24N2O4S. The van der Waals surface area contributed by atoms with Crippen LogP contribution in [0.2, 0.25) is 0 Å². The maximum absolute atomic E-state index is 13.4. The first kappa shape index (κ1) is 20.5. The van der Waals surface area contributed by atoms with Crippen molar-refractivity contribution in [2.45, 2.75) is 32.8 Å². The highest BCUT2D eigenvalue weighted by Crippen LogP contribution is 2.33. The largest absolute Gasteiger partial charge is 0.465 e. The highest BCUT2D eigenvalue weighted by atomic mass is 32.1. The van der Waals surface area contributed by atoms with Gasteiger partial charge in [-0.3, -0.25) is 9.69 Å². The number of hydrogen-bond donors (Lipinski definition) is 0. The predicted octanol–water partition coefficient (Wildman–Crippen LogP) is 4.53. The standard InChI is InChI=1S/C23H24N2O4S/c1-14-11-15(2)20-19(12-14)24-23(30-20)25(13-18-5-4-10-29-18)21(26)16-6-8-17(9-7-16)22(27)28-3/h6-9,11-12,18H,4-5,10,13H2,1-3H3. The van der Waals surface area contributed by atoms with Gasteiger partial charge >= 0.3 is 5.97 Å². The first-order valence-corrected chi connectivity index (χ1v) is 10.8. The van der Waals surface area contributed by atoms with Crippen molar-refractivity contribution in [3.63, 3.8) is 0 Å². The molecule has 0 radical (unpaired) electrons. The van der Waals surface area contributed by atoms with E-state index in [-0.39, 0.29) is 12.0 Å². The van der Waals surface area contributed by atoms with Crippen LogP contribution in [0.15, 0.2) is 36.4 Å². The Balaban J connectivity index is 1.70. The number of esters is 1. The highest BCUT2D eigenvalue weighted by molar-refractivity contribution is 7.22. The summed E-state index contributed by atoms with van der Waals surface area (Å²) in [5, 5.41) is 0.663. The molecule has 0 bridgehead atoms. The summed E-state index contributed by atoms with van der Waals surface area (Å²) in [5.41, 5.74) is 4.10. The second-order valence-corrected chi connectivity index (χ2v) is 8.52. The Labute approximate surface area is 179 Å². The van der Waals surface area contributed by atoms with E-state index in [9.17, 15) is 9.59 Å². The molecule has 0 aliphatic carbocycles. The molecule has 2 aromatic carbocycles. The molecule has 1 atom stereocenters. The topological polar surface area (TPSA) is 68.7 Å². The van der Waals surface area contributed by atoms with Crippen LogP contribution in [0.5, 0.6) is 0 Å². The van der Waals surface area contributed by atoms with E-state index in [0.29, 0.717) is 22.8 Å². The van der Waals surface area contributed by atoms with Crippen molar-refractivity contribution in [1.29, 1.82) is 0 Å². The van der Waals surface area contributed by atoms with Gasteiger partial charge in [0.05, 0.1) is 35.5 Å². The lowest BCUT2D eigenvalue weighted by Gasteiger charge is -2.23. The van der Waals surface area contributed by atoms with Crippen LogP contribution in [0.25, 0.3) is 10.2 Å². The fourth-order valence-electron chi connectivity index (χ4n) is 3.74. The quantitative estimate of drug-likeness (QED) is 0.563. The third kappa shape index (κ3) is 4.08. The molecule has 2 heterocycles. The summed E-state index contributed by atoms with van der Waals surface area (Å²) in [7, 11) is 1.33. The van der Waals surface area contributed by atoms with Crippen LogP contribution in [0.3, 0.4) is 0 Å². The fourth-order valence-corrected chi connectivity index (χ4v) is 4.77. The van der Waals surface area contributed by atoms with Gasteiger partial charge in [0.1, 0.15) is 0 Å². The lowest BCUT2D eigenvalue weighted by molar-refractivity contribution is 0.0600. The number of carbonyl (C=O) groups excluding carboxylic acids is 2. The smallest absolute Gasteiger partial charge is 0.337 e. The van der Waals surface area contributed by atoms with E-state index >= 15 is 0 Å². The molecule has 6 nitrogen and oxygen atoms in total. The number of hydrogen-bond acceptors (Lipinski definition) is 6. The van der Waals surface area contributed by atoms with E-state index in [1.807, 2.05) is 13.0 Å². The Morgan fingerprint density at radius 1 is 1.20 bits per heavy atom. The summed E-state index contributed by atoms with van der Waals surface area (Å²) < 4.78 is 11.6. The predicted molar refractivity (Wildman–Crippen MR) is 118 cm³/mol. The summed E-state index contributed by atoms with van der Waals surface area (Å²) in [6.45, 7) is 5.28. The van der Waals surface area contributed by atoms with Crippen molar-refractivity contribution in [2.24, 2.45) is 0 Å². The van der Waals surface area contributed by atoms with Gasteiger partial charge in [0.2, 0.25) is 0 Å². The molecule has 7 heteroatoms. The number of fused-ring (bicyclic) bond motifs is 1. The molecule has 0 N–H and O–H groups in total. The summed E-state index contributed by atoms with van der Waals surface area (Å²) in [6.07, 6.45) is 1.92. The third-order valence-corrected chi connectivity index (χ3v) is 6.48. The second-order valence-electron chi connectivity index (χ2n) is 7.55. The first-order chi connectivity index (χ1) is 14.5. The number of rotatable bonds is 5. The lowest BCUT2D eigenvalue weighted by Crippen LogP contribution is -2.37. The molecule has 30 heavy (non-hydrogen) atoms. The SMILES string of the molecule is COC(=O)c1ccc(C(=O)N(CC2CCCO2)c2nc3cc(C)cc(C)c3s2)cc1. The third-order valence-electron chi connectivity index (χ3n) is 5.25. The summed E-state index contributed by atoms with van der Waals surface area (Å²) >= 11 is 1.52. The Kier molecular flexibility index (Phi) is 5.83. The molecule has 1 aromatic heterocycles. The number of benzene rings is 2. The Hall–Kier alpha value is -2.77. The van der Waals surface area contributed by atoms with Gasteiger partial charge in [-0.15, -0.1) is 0 Å². The Morgan fingerprint density at radius 3 is 2.60 bits per heavy atom. The van der Waals surface area contributed by atoms with Gasteiger partial charge in [-0.2, -0.15) is 0 Å². The van der Waals surface area contributed by atoms with Gasteiger partial charge in [0.15, 0.2) is 5.13 Å². The minimum Gasteiger partial charge on any atom is -0.465 e. The molecule has 4 rings (SSSR count). The minimum absolute atomic E-state index is 0.00172. The van der Waals surface area contributed by atoms with Crippen molar-refractivity contribution < 1.29 is 19.1 Å². The van der Waals surface area contributed by atoms with Crippen LogP contribution >= 0.6 is 11.3 Å². The average molecular weight is 425 g/mol. The Bertz CT molecular complexity index is 1080. The molecule has 1 unspecified atom stereocenters. The summed E-state index contributed by atoms with van der Waals surface area (Å²) in [4.78, 5) is 31.6. The van der Waals surface area contributed by atoms with E-state index in [0.717, 1.165) is 40.8 Å². The van der Waals surface area contributed by atoms with E-state index in [4.69, 9.17) is 14.5 Å². The number of carbonyl (C=O) groups is 2. The fraction of sp³-hybridized carbons (Fsp3) is 0.348. The number of aryl methyl sites for hydroxylation is 2. The van der Waals surface area contributed by atoms with Gasteiger partial charge in [0, 0.05) is 12.2 Å². The molecule has 156 valence electrons.